The number of nitrogens with one attached hydrogen (secondary N) is 1. The number of ether oxygens (including phenoxy) is 1. The normalized spacial score (nSPS) is 21.4. The Morgan fingerprint density at radius 1 is 1.03 bits per heavy atom. The molecule has 1 aliphatic carbocycles. The van der Waals surface area contributed by atoms with Gasteiger partial charge in [-0.25, -0.2) is 4.98 Å². The van der Waals surface area contributed by atoms with Gasteiger partial charge in [-0.1, -0.05) is 12.1 Å². The highest BCUT2D eigenvalue weighted by Crippen LogP contribution is 2.41. The lowest BCUT2D eigenvalue weighted by Gasteiger charge is -2.33. The summed E-state index contributed by atoms with van der Waals surface area (Å²) < 4.78 is 7.75. The van der Waals surface area contributed by atoms with E-state index in [4.69, 9.17) is 9.72 Å². The molecular formula is C28H34N4O2. The lowest BCUT2D eigenvalue weighted by Crippen LogP contribution is -2.44. The van der Waals surface area contributed by atoms with Crippen molar-refractivity contribution in [3.05, 3.63) is 53.1 Å². The van der Waals surface area contributed by atoms with E-state index in [1.165, 1.54) is 35.2 Å². The molecule has 3 aliphatic rings. The van der Waals surface area contributed by atoms with Crippen LogP contribution in [-0.4, -0.2) is 47.8 Å². The Labute approximate surface area is 201 Å². The molecule has 6 rings (SSSR count). The van der Waals surface area contributed by atoms with E-state index in [1.54, 1.807) is 0 Å². The van der Waals surface area contributed by atoms with Gasteiger partial charge in [0.05, 0.1) is 23.7 Å². The van der Waals surface area contributed by atoms with Crippen LogP contribution in [0.3, 0.4) is 0 Å². The molecule has 1 N–H and O–H groups in total. The van der Waals surface area contributed by atoms with Crippen LogP contribution in [0.1, 0.15) is 54.7 Å². The monoisotopic (exact) mass is 458 g/mol. The fourth-order valence-corrected chi connectivity index (χ4v) is 5.43. The predicted octanol–water partition coefficient (Wildman–Crippen LogP) is 4.64. The molecule has 1 amide bonds. The quantitative estimate of drug-likeness (QED) is 0.605. The Bertz CT molecular complexity index is 1210. The van der Waals surface area contributed by atoms with Crippen LogP contribution < -0.4 is 10.2 Å². The number of fused-ring (bicyclic) bond motifs is 1. The molecule has 0 unspecified atom stereocenters. The van der Waals surface area contributed by atoms with Crippen LogP contribution in [-0.2, 0) is 9.53 Å². The first-order valence-electron chi connectivity index (χ1n) is 12.8. The van der Waals surface area contributed by atoms with Crippen molar-refractivity contribution in [1.29, 1.82) is 0 Å². The number of carbonyl (C=O) groups excluding carboxylic acids is 1. The molecule has 34 heavy (non-hydrogen) atoms. The van der Waals surface area contributed by atoms with E-state index in [1.807, 2.05) is 0 Å². The smallest absolute Gasteiger partial charge is 0.223 e. The van der Waals surface area contributed by atoms with Crippen molar-refractivity contribution < 1.29 is 9.53 Å². The second-order valence-electron chi connectivity index (χ2n) is 10.4. The van der Waals surface area contributed by atoms with Gasteiger partial charge in [-0.3, -0.25) is 9.36 Å². The largest absolute Gasteiger partial charge is 0.379 e. The van der Waals surface area contributed by atoms with E-state index < -0.39 is 0 Å². The number of amides is 1. The minimum Gasteiger partial charge on any atom is -0.379 e. The lowest BCUT2D eigenvalue weighted by atomic mass is 9.95. The van der Waals surface area contributed by atoms with Crippen LogP contribution >= 0.6 is 0 Å². The molecule has 2 aromatic carbocycles. The molecule has 6 nitrogen and oxygen atoms in total. The lowest BCUT2D eigenvalue weighted by molar-refractivity contribution is -0.126. The Morgan fingerprint density at radius 2 is 1.82 bits per heavy atom. The van der Waals surface area contributed by atoms with Gasteiger partial charge in [0.1, 0.15) is 0 Å². The summed E-state index contributed by atoms with van der Waals surface area (Å²) in [5.74, 6) is 1.96. The molecule has 6 heteroatoms. The number of imidazole rings is 1. The van der Waals surface area contributed by atoms with Crippen LogP contribution in [0.15, 0.2) is 36.4 Å². The van der Waals surface area contributed by atoms with E-state index in [9.17, 15) is 4.79 Å². The van der Waals surface area contributed by atoms with Crippen molar-refractivity contribution in [2.24, 2.45) is 5.92 Å². The van der Waals surface area contributed by atoms with E-state index >= 15 is 0 Å². The van der Waals surface area contributed by atoms with Crippen molar-refractivity contribution in [2.75, 3.05) is 31.2 Å². The number of aromatic nitrogens is 2. The summed E-state index contributed by atoms with van der Waals surface area (Å²) in [6.07, 6.45) is 5.21. The number of aryl methyl sites for hydroxylation is 2. The number of benzene rings is 2. The van der Waals surface area contributed by atoms with Gasteiger partial charge in [0.25, 0.3) is 0 Å². The molecule has 178 valence electrons. The maximum absolute atomic E-state index is 12.8. The topological polar surface area (TPSA) is 59.4 Å². The summed E-state index contributed by atoms with van der Waals surface area (Å²) in [5, 5.41) is 3.19. The molecule has 1 saturated carbocycles. The highest BCUT2D eigenvalue weighted by molar-refractivity contribution is 5.83. The summed E-state index contributed by atoms with van der Waals surface area (Å²) in [6.45, 7) is 7.39. The Morgan fingerprint density at radius 3 is 2.56 bits per heavy atom. The Hall–Kier alpha value is -2.86. The van der Waals surface area contributed by atoms with Crippen molar-refractivity contribution >= 4 is 22.9 Å². The number of hydrogen-bond donors (Lipinski definition) is 1. The van der Waals surface area contributed by atoms with E-state index in [2.05, 4.69) is 65.0 Å². The number of carbonyl (C=O) groups is 1. The number of rotatable bonds is 5. The van der Waals surface area contributed by atoms with Crippen molar-refractivity contribution in [2.45, 2.75) is 57.9 Å². The van der Waals surface area contributed by atoms with Gasteiger partial charge in [-0.05, 0) is 92.8 Å². The molecular weight excluding hydrogens is 424 g/mol. The first kappa shape index (κ1) is 21.7. The van der Waals surface area contributed by atoms with Gasteiger partial charge < -0.3 is 15.0 Å². The third kappa shape index (κ3) is 4.09. The third-order valence-corrected chi connectivity index (χ3v) is 7.85. The average Bonchev–Trinajstić information content (AvgIpc) is 3.47. The first-order valence-corrected chi connectivity index (χ1v) is 12.8. The van der Waals surface area contributed by atoms with Gasteiger partial charge in [-0.15, -0.1) is 0 Å². The second kappa shape index (κ2) is 8.73. The fourth-order valence-electron chi connectivity index (χ4n) is 5.43. The Kier molecular flexibility index (Phi) is 5.56. The number of anilines is 1. The minimum atomic E-state index is 0.0670. The zero-order valence-electron chi connectivity index (χ0n) is 20.2. The summed E-state index contributed by atoms with van der Waals surface area (Å²) in [6, 6.07) is 13.7. The molecule has 2 aliphatic heterocycles. The van der Waals surface area contributed by atoms with Gasteiger partial charge in [0.15, 0.2) is 0 Å². The third-order valence-electron chi connectivity index (χ3n) is 7.85. The SMILES string of the molecule is Cc1cc2nc(N3CCC(C(=O)N[C@@H]4CCOC4)CC3)n(-c3cccc(C4CC4)c3)c2cc1C. The summed E-state index contributed by atoms with van der Waals surface area (Å²) in [5.41, 5.74) is 7.36. The van der Waals surface area contributed by atoms with E-state index in [-0.39, 0.29) is 17.9 Å². The van der Waals surface area contributed by atoms with Gasteiger partial charge in [-0.2, -0.15) is 0 Å². The zero-order chi connectivity index (χ0) is 23.2. The summed E-state index contributed by atoms with van der Waals surface area (Å²) in [4.78, 5) is 20.3. The molecule has 3 aromatic rings. The van der Waals surface area contributed by atoms with Crippen LogP contribution in [0.25, 0.3) is 16.7 Å². The molecule has 3 heterocycles. The number of hydrogen-bond acceptors (Lipinski definition) is 4. The molecule has 0 spiro atoms. The highest BCUT2D eigenvalue weighted by Gasteiger charge is 2.30. The molecule has 0 bridgehead atoms. The van der Waals surface area contributed by atoms with E-state index in [0.29, 0.717) is 12.5 Å². The van der Waals surface area contributed by atoms with Crippen LogP contribution in [0, 0.1) is 19.8 Å². The minimum absolute atomic E-state index is 0.0670. The van der Waals surface area contributed by atoms with Gasteiger partial charge >= 0.3 is 0 Å². The van der Waals surface area contributed by atoms with Crippen LogP contribution in [0.4, 0.5) is 5.95 Å². The average molecular weight is 459 g/mol. The molecule has 1 aromatic heterocycles. The number of nitrogens with zero attached hydrogens (tertiary/aromatic N) is 3. The second-order valence-corrected chi connectivity index (χ2v) is 10.4. The molecule has 1 atom stereocenters. The first-order chi connectivity index (χ1) is 16.6. The zero-order valence-corrected chi connectivity index (χ0v) is 20.2. The maximum atomic E-state index is 12.8. The molecule has 0 radical (unpaired) electrons. The molecule has 3 fully saturated rings. The molecule has 2 saturated heterocycles. The van der Waals surface area contributed by atoms with Crippen molar-refractivity contribution in [1.82, 2.24) is 14.9 Å². The van der Waals surface area contributed by atoms with Crippen LogP contribution in [0.5, 0.6) is 0 Å². The van der Waals surface area contributed by atoms with Crippen molar-refractivity contribution in [3.63, 3.8) is 0 Å². The van der Waals surface area contributed by atoms with Gasteiger partial charge in [0.2, 0.25) is 11.9 Å². The van der Waals surface area contributed by atoms with E-state index in [0.717, 1.165) is 55.9 Å². The fraction of sp³-hybridized carbons (Fsp3) is 0.500. The van der Waals surface area contributed by atoms with Crippen LogP contribution in [0.2, 0.25) is 0 Å². The summed E-state index contributed by atoms with van der Waals surface area (Å²) >= 11 is 0. The van der Waals surface area contributed by atoms with Crippen molar-refractivity contribution in [3.8, 4) is 5.69 Å². The van der Waals surface area contributed by atoms with Gasteiger partial charge in [0, 0.05) is 31.3 Å². The predicted molar refractivity (Wildman–Crippen MR) is 135 cm³/mol. The highest BCUT2D eigenvalue weighted by atomic mass is 16.5. The Balaban J connectivity index is 1.30. The summed E-state index contributed by atoms with van der Waals surface area (Å²) in [7, 11) is 0. The standard InChI is InChI=1S/C28H34N4O2/c1-18-14-25-26(15-19(18)2)32(24-5-3-4-22(16-24)20-6-7-20)28(30-25)31-11-8-21(9-12-31)27(33)29-23-10-13-34-17-23/h3-5,14-16,20-21,23H,6-13,17H2,1-2H3,(H,29,33)/t23-/m1/s1. The number of piperidine rings is 1. The maximum Gasteiger partial charge on any atom is 0.223 e.